The first kappa shape index (κ1) is 22.3. The minimum atomic E-state index is -0.624. The molecule has 2 N–H and O–H groups in total. The highest BCUT2D eigenvalue weighted by molar-refractivity contribution is 5.75. The second-order valence-corrected chi connectivity index (χ2v) is 9.85. The number of esters is 1. The number of nitrogens with zero attached hydrogens (tertiary/aromatic N) is 1. The van der Waals surface area contributed by atoms with Gasteiger partial charge in [0, 0.05) is 17.9 Å². The third-order valence-corrected chi connectivity index (χ3v) is 6.44. The summed E-state index contributed by atoms with van der Waals surface area (Å²) in [6.07, 6.45) is 2.94. The van der Waals surface area contributed by atoms with Crippen molar-refractivity contribution in [3.8, 4) is 11.8 Å². The summed E-state index contributed by atoms with van der Waals surface area (Å²) >= 11 is 0. The highest BCUT2D eigenvalue weighted by atomic mass is 16.7. The van der Waals surface area contributed by atoms with Gasteiger partial charge in [0.1, 0.15) is 11.4 Å². The Bertz CT molecular complexity index is 1020. The van der Waals surface area contributed by atoms with Crippen molar-refractivity contribution in [1.29, 1.82) is 5.26 Å². The molecule has 1 aliphatic heterocycles. The summed E-state index contributed by atoms with van der Waals surface area (Å²) in [5.74, 6) is -0.597. The fourth-order valence-electron chi connectivity index (χ4n) is 5.18. The largest absolute Gasteiger partial charge is 0.508 e. The van der Waals surface area contributed by atoms with E-state index in [1.807, 2.05) is 51.1 Å². The van der Waals surface area contributed by atoms with Crippen molar-refractivity contribution in [3.05, 3.63) is 65.2 Å². The quantitative estimate of drug-likeness (QED) is 0.668. The summed E-state index contributed by atoms with van der Waals surface area (Å²) in [7, 11) is 0. The Morgan fingerprint density at radius 3 is 2.69 bits per heavy atom. The van der Waals surface area contributed by atoms with Crippen LogP contribution in [0.25, 0.3) is 0 Å². The van der Waals surface area contributed by atoms with Gasteiger partial charge in [0.2, 0.25) is 0 Å². The van der Waals surface area contributed by atoms with Crippen molar-refractivity contribution >= 4 is 5.97 Å². The molecule has 1 saturated heterocycles. The molecule has 32 heavy (non-hydrogen) atoms. The number of nitriles is 1. The van der Waals surface area contributed by atoms with E-state index in [1.54, 1.807) is 18.2 Å². The molecule has 1 unspecified atom stereocenters. The summed E-state index contributed by atoms with van der Waals surface area (Å²) in [6, 6.07) is 16.7. The van der Waals surface area contributed by atoms with Gasteiger partial charge in [0.25, 0.3) is 0 Å². The normalized spacial score (nSPS) is 27.8. The highest BCUT2D eigenvalue weighted by Crippen LogP contribution is 2.54. The summed E-state index contributed by atoms with van der Waals surface area (Å²) in [5, 5.41) is 19.7. The topological polar surface area (TPSA) is 91.6 Å². The number of hydrogen-bond donors (Lipinski definition) is 2. The monoisotopic (exact) mass is 434 g/mol. The number of carbonyl (C=O) groups excluding carboxylic acids is 1. The van der Waals surface area contributed by atoms with Gasteiger partial charge in [-0.15, -0.1) is 0 Å². The van der Waals surface area contributed by atoms with Crippen LogP contribution in [0.15, 0.2) is 48.5 Å². The summed E-state index contributed by atoms with van der Waals surface area (Å²) in [6.45, 7) is 5.65. The molecule has 0 radical (unpaired) electrons. The predicted octanol–water partition coefficient (Wildman–Crippen LogP) is 4.89. The summed E-state index contributed by atoms with van der Waals surface area (Å²) in [4.78, 5) is 19.6. The molecule has 4 atom stereocenters. The number of hydrogen-bond acceptors (Lipinski definition) is 6. The van der Waals surface area contributed by atoms with E-state index in [-0.39, 0.29) is 29.6 Å². The molecule has 1 spiro atoms. The van der Waals surface area contributed by atoms with E-state index < -0.39 is 11.2 Å². The second kappa shape index (κ2) is 8.57. The zero-order chi connectivity index (χ0) is 22.9. The molecule has 2 aromatic carbocycles. The average molecular weight is 435 g/mol. The summed E-state index contributed by atoms with van der Waals surface area (Å²) in [5.41, 5.74) is 4.08. The third kappa shape index (κ3) is 4.36. The number of nitrogens with one attached hydrogen (secondary N) is 1. The number of aromatic hydroxyl groups is 1. The van der Waals surface area contributed by atoms with Crippen LogP contribution >= 0.6 is 0 Å². The van der Waals surface area contributed by atoms with Crippen molar-refractivity contribution in [2.75, 3.05) is 0 Å². The maximum Gasteiger partial charge on any atom is 0.310 e. The maximum absolute atomic E-state index is 13.3. The Morgan fingerprint density at radius 2 is 2.00 bits per heavy atom. The molecule has 168 valence electrons. The van der Waals surface area contributed by atoms with Crippen molar-refractivity contribution in [1.82, 2.24) is 5.48 Å². The van der Waals surface area contributed by atoms with Crippen LogP contribution < -0.4 is 5.48 Å². The lowest BCUT2D eigenvalue weighted by Gasteiger charge is -2.44. The number of benzene rings is 2. The van der Waals surface area contributed by atoms with Gasteiger partial charge in [-0.1, -0.05) is 30.3 Å². The van der Waals surface area contributed by atoms with E-state index in [0.717, 1.165) is 24.8 Å². The number of rotatable bonds is 3. The van der Waals surface area contributed by atoms with Crippen LogP contribution in [0.4, 0.5) is 0 Å². The molecule has 6 heteroatoms. The van der Waals surface area contributed by atoms with Gasteiger partial charge in [-0.2, -0.15) is 10.7 Å². The van der Waals surface area contributed by atoms with Crippen LogP contribution in [0.5, 0.6) is 5.75 Å². The Kier molecular flexibility index (Phi) is 5.98. The average Bonchev–Trinajstić information content (AvgIpc) is 3.17. The first-order valence-electron chi connectivity index (χ1n) is 11.2. The minimum Gasteiger partial charge on any atom is -0.508 e. The smallest absolute Gasteiger partial charge is 0.310 e. The zero-order valence-electron chi connectivity index (χ0n) is 18.8. The van der Waals surface area contributed by atoms with Crippen LogP contribution in [0, 0.1) is 17.2 Å². The second-order valence-electron chi connectivity index (χ2n) is 9.85. The fraction of sp³-hybridized carbons (Fsp3) is 0.462. The van der Waals surface area contributed by atoms with Crippen LogP contribution in [0.1, 0.15) is 75.1 Å². The Balaban J connectivity index is 1.70. The fourth-order valence-corrected chi connectivity index (χ4v) is 5.18. The first-order chi connectivity index (χ1) is 15.2. The van der Waals surface area contributed by atoms with Crippen molar-refractivity contribution in [3.63, 3.8) is 0 Å². The number of phenolic OH excluding ortho intramolecular Hbond substituents is 1. The molecule has 4 rings (SSSR count). The Hall–Kier alpha value is -2.88. The van der Waals surface area contributed by atoms with Gasteiger partial charge < -0.3 is 9.84 Å². The van der Waals surface area contributed by atoms with Crippen LogP contribution in [-0.4, -0.2) is 22.3 Å². The Labute approximate surface area is 189 Å². The van der Waals surface area contributed by atoms with Gasteiger partial charge in [-0.3, -0.25) is 9.63 Å². The first-order valence-corrected chi connectivity index (χ1v) is 11.2. The van der Waals surface area contributed by atoms with E-state index in [2.05, 4.69) is 11.5 Å². The molecule has 6 nitrogen and oxygen atoms in total. The molecule has 2 aromatic rings. The lowest BCUT2D eigenvalue weighted by atomic mass is 9.64. The molecule has 0 aromatic heterocycles. The molecule has 0 bridgehead atoms. The van der Waals surface area contributed by atoms with Gasteiger partial charge in [0.15, 0.2) is 0 Å². The molecule has 1 saturated carbocycles. The third-order valence-electron chi connectivity index (χ3n) is 6.44. The predicted molar refractivity (Wildman–Crippen MR) is 120 cm³/mol. The van der Waals surface area contributed by atoms with Gasteiger partial charge >= 0.3 is 5.97 Å². The number of ether oxygens (including phenoxy) is 1. The molecule has 1 aliphatic carbocycles. The Morgan fingerprint density at radius 1 is 1.25 bits per heavy atom. The van der Waals surface area contributed by atoms with Crippen LogP contribution in [0.2, 0.25) is 0 Å². The molecular weight excluding hydrogens is 404 g/mol. The number of hydroxylamine groups is 1. The lowest BCUT2D eigenvalue weighted by molar-refractivity contribution is -0.170. The van der Waals surface area contributed by atoms with E-state index in [0.29, 0.717) is 17.5 Å². The minimum absolute atomic E-state index is 0.123. The standard InChI is InChI=1S/C26H30N2O4/c1-25(2,3)31-24(30)19-10-7-13-26(23(19)18-8-5-4-6-9-18)15-21(28-32-26)20-14-17(16-27)11-12-22(20)29/h4-6,8-9,11-12,14,19,21,23,28-29H,7,10,13,15H2,1-3H3/t19?,21-,23-,26-/m1/s1. The summed E-state index contributed by atoms with van der Waals surface area (Å²) < 4.78 is 5.80. The molecule has 2 fully saturated rings. The van der Waals surface area contributed by atoms with Crippen LogP contribution in [0.3, 0.4) is 0 Å². The SMILES string of the molecule is CC(C)(C)OC(=O)C1CCC[C@@]2(C[C@H](c3cc(C#N)ccc3O)NO2)[C@@H]1c1ccccc1. The lowest BCUT2D eigenvalue weighted by Crippen LogP contribution is -2.47. The maximum atomic E-state index is 13.3. The number of carbonyl (C=O) groups is 1. The van der Waals surface area contributed by atoms with E-state index in [4.69, 9.17) is 9.57 Å². The highest BCUT2D eigenvalue weighted by Gasteiger charge is 2.55. The molecule has 2 aliphatic rings. The van der Waals surface area contributed by atoms with Gasteiger partial charge in [0.05, 0.1) is 29.2 Å². The molecular formula is C26H30N2O4. The van der Waals surface area contributed by atoms with E-state index in [1.165, 1.54) is 0 Å². The van der Waals surface area contributed by atoms with Gasteiger partial charge in [-0.25, -0.2) is 0 Å². The van der Waals surface area contributed by atoms with E-state index >= 15 is 0 Å². The van der Waals surface area contributed by atoms with E-state index in [9.17, 15) is 15.2 Å². The zero-order valence-corrected chi connectivity index (χ0v) is 18.8. The van der Waals surface area contributed by atoms with Crippen molar-refractivity contribution < 1.29 is 19.5 Å². The van der Waals surface area contributed by atoms with Gasteiger partial charge in [-0.05, 0) is 63.8 Å². The van der Waals surface area contributed by atoms with Crippen molar-refractivity contribution in [2.45, 2.75) is 69.6 Å². The van der Waals surface area contributed by atoms with Crippen molar-refractivity contribution in [2.24, 2.45) is 5.92 Å². The molecule has 0 amide bonds. The number of phenols is 1. The van der Waals surface area contributed by atoms with Crippen LogP contribution in [-0.2, 0) is 14.4 Å². The molecule has 1 heterocycles.